The third-order valence-corrected chi connectivity index (χ3v) is 2.56. The zero-order valence-electron chi connectivity index (χ0n) is 10.0. The van der Waals surface area contributed by atoms with E-state index in [9.17, 15) is 4.39 Å². The van der Waals surface area contributed by atoms with E-state index in [1.165, 1.54) is 6.07 Å². The standard InChI is InChI=1S/C13H13FN4/c1-16-6-12-8-18(9-17-12)7-10-2-3-13(14)11(4-10)5-15/h2-4,8-9,16H,6-7H2,1H3. The van der Waals surface area contributed by atoms with Crippen LogP contribution < -0.4 is 5.32 Å². The van der Waals surface area contributed by atoms with Crippen LogP contribution in [0, 0.1) is 17.1 Å². The Morgan fingerprint density at radius 2 is 2.33 bits per heavy atom. The van der Waals surface area contributed by atoms with Gasteiger partial charge in [0, 0.05) is 19.3 Å². The molecule has 0 aliphatic rings. The largest absolute Gasteiger partial charge is 0.333 e. The summed E-state index contributed by atoms with van der Waals surface area (Å²) in [5.41, 5.74) is 1.89. The Morgan fingerprint density at radius 3 is 3.06 bits per heavy atom. The molecule has 1 aromatic heterocycles. The Labute approximate surface area is 105 Å². The zero-order valence-corrected chi connectivity index (χ0v) is 10.0. The van der Waals surface area contributed by atoms with Crippen molar-refractivity contribution in [2.45, 2.75) is 13.1 Å². The number of halogens is 1. The number of benzene rings is 1. The molecule has 1 aromatic carbocycles. The van der Waals surface area contributed by atoms with Crippen molar-refractivity contribution in [1.82, 2.24) is 14.9 Å². The zero-order chi connectivity index (χ0) is 13.0. The quantitative estimate of drug-likeness (QED) is 0.890. The average molecular weight is 244 g/mol. The van der Waals surface area contributed by atoms with Gasteiger partial charge < -0.3 is 9.88 Å². The summed E-state index contributed by atoms with van der Waals surface area (Å²) in [5, 5.41) is 11.8. The van der Waals surface area contributed by atoms with Crippen LogP contribution in [0.25, 0.3) is 0 Å². The molecule has 0 amide bonds. The summed E-state index contributed by atoms with van der Waals surface area (Å²) in [6, 6.07) is 6.39. The fourth-order valence-corrected chi connectivity index (χ4v) is 1.73. The van der Waals surface area contributed by atoms with Crippen LogP contribution >= 0.6 is 0 Å². The van der Waals surface area contributed by atoms with Gasteiger partial charge in [-0.3, -0.25) is 0 Å². The van der Waals surface area contributed by atoms with Gasteiger partial charge in [-0.25, -0.2) is 9.37 Å². The van der Waals surface area contributed by atoms with E-state index in [-0.39, 0.29) is 5.56 Å². The molecule has 0 saturated carbocycles. The van der Waals surface area contributed by atoms with E-state index in [2.05, 4.69) is 10.3 Å². The minimum Gasteiger partial charge on any atom is -0.333 e. The van der Waals surface area contributed by atoms with Crippen LogP contribution in [0.5, 0.6) is 0 Å². The van der Waals surface area contributed by atoms with Crippen LogP contribution in [0.2, 0.25) is 0 Å². The van der Waals surface area contributed by atoms with Crippen LogP contribution in [0.15, 0.2) is 30.7 Å². The van der Waals surface area contributed by atoms with E-state index in [0.717, 1.165) is 11.3 Å². The lowest BCUT2D eigenvalue weighted by Crippen LogP contribution is -2.05. The third kappa shape index (κ3) is 2.73. The molecule has 1 N–H and O–H groups in total. The smallest absolute Gasteiger partial charge is 0.140 e. The van der Waals surface area contributed by atoms with Gasteiger partial charge in [0.15, 0.2) is 0 Å². The predicted molar refractivity (Wildman–Crippen MR) is 65.2 cm³/mol. The maximum Gasteiger partial charge on any atom is 0.140 e. The summed E-state index contributed by atoms with van der Waals surface area (Å²) in [6.07, 6.45) is 3.65. The number of nitrogens with zero attached hydrogens (tertiary/aromatic N) is 3. The number of hydrogen-bond acceptors (Lipinski definition) is 3. The number of hydrogen-bond donors (Lipinski definition) is 1. The van der Waals surface area contributed by atoms with Crippen molar-refractivity contribution >= 4 is 0 Å². The van der Waals surface area contributed by atoms with Crippen molar-refractivity contribution < 1.29 is 4.39 Å². The van der Waals surface area contributed by atoms with Crippen molar-refractivity contribution in [2.75, 3.05) is 7.05 Å². The molecule has 2 aromatic rings. The number of imidazole rings is 1. The van der Waals surface area contributed by atoms with E-state index in [1.807, 2.05) is 23.9 Å². The molecule has 2 rings (SSSR count). The number of nitrogens with one attached hydrogen (secondary N) is 1. The van der Waals surface area contributed by atoms with Gasteiger partial charge >= 0.3 is 0 Å². The molecule has 0 aliphatic carbocycles. The lowest BCUT2D eigenvalue weighted by molar-refractivity contribution is 0.622. The molecule has 92 valence electrons. The number of nitriles is 1. The molecule has 0 radical (unpaired) electrons. The molecular weight excluding hydrogens is 231 g/mol. The molecular formula is C13H13FN4. The van der Waals surface area contributed by atoms with Gasteiger partial charge in [0.1, 0.15) is 11.9 Å². The maximum atomic E-state index is 13.2. The summed E-state index contributed by atoms with van der Waals surface area (Å²) >= 11 is 0. The number of rotatable bonds is 4. The summed E-state index contributed by atoms with van der Waals surface area (Å²) < 4.78 is 15.1. The summed E-state index contributed by atoms with van der Waals surface area (Å²) in [4.78, 5) is 4.22. The highest BCUT2D eigenvalue weighted by Crippen LogP contribution is 2.11. The monoisotopic (exact) mass is 244 g/mol. The molecule has 0 spiro atoms. The van der Waals surface area contributed by atoms with E-state index in [4.69, 9.17) is 5.26 Å². The molecule has 0 atom stereocenters. The molecule has 0 bridgehead atoms. The first-order chi connectivity index (χ1) is 8.72. The molecule has 0 aliphatic heterocycles. The van der Waals surface area contributed by atoms with Gasteiger partial charge in [-0.1, -0.05) is 6.07 Å². The minimum absolute atomic E-state index is 0.0723. The van der Waals surface area contributed by atoms with E-state index < -0.39 is 5.82 Å². The Hall–Kier alpha value is -2.19. The second-order valence-electron chi connectivity index (χ2n) is 3.99. The van der Waals surface area contributed by atoms with E-state index >= 15 is 0 Å². The Balaban J connectivity index is 2.15. The summed E-state index contributed by atoms with van der Waals surface area (Å²) in [7, 11) is 1.86. The van der Waals surface area contributed by atoms with Gasteiger partial charge in [-0.05, 0) is 24.7 Å². The van der Waals surface area contributed by atoms with Crippen molar-refractivity contribution in [2.24, 2.45) is 0 Å². The van der Waals surface area contributed by atoms with Crippen molar-refractivity contribution in [3.05, 3.63) is 53.4 Å². The lowest BCUT2D eigenvalue weighted by atomic mass is 10.1. The molecule has 5 heteroatoms. The SMILES string of the molecule is CNCc1cn(Cc2ccc(F)c(C#N)c2)cn1. The molecule has 0 unspecified atom stereocenters. The maximum absolute atomic E-state index is 13.2. The van der Waals surface area contributed by atoms with E-state index in [0.29, 0.717) is 13.1 Å². The minimum atomic E-state index is -0.484. The molecule has 1 heterocycles. The Kier molecular flexibility index (Phi) is 3.70. The normalized spacial score (nSPS) is 10.3. The first-order valence-electron chi connectivity index (χ1n) is 5.56. The molecule has 18 heavy (non-hydrogen) atoms. The van der Waals surface area contributed by atoms with Crippen LogP contribution in [0.1, 0.15) is 16.8 Å². The van der Waals surface area contributed by atoms with Crippen molar-refractivity contribution in [1.29, 1.82) is 5.26 Å². The predicted octanol–water partition coefficient (Wildman–Crippen LogP) is 1.66. The second-order valence-corrected chi connectivity index (χ2v) is 3.99. The van der Waals surface area contributed by atoms with E-state index in [1.54, 1.807) is 18.5 Å². The molecule has 0 fully saturated rings. The average Bonchev–Trinajstić information content (AvgIpc) is 2.80. The first-order valence-corrected chi connectivity index (χ1v) is 5.56. The first kappa shape index (κ1) is 12.3. The van der Waals surface area contributed by atoms with Gasteiger partial charge in [-0.2, -0.15) is 5.26 Å². The fraction of sp³-hybridized carbons (Fsp3) is 0.231. The topological polar surface area (TPSA) is 53.6 Å². The van der Waals surface area contributed by atoms with Gasteiger partial charge in [0.05, 0.1) is 17.6 Å². The number of aromatic nitrogens is 2. The summed E-state index contributed by atoms with van der Waals surface area (Å²) in [6.45, 7) is 1.28. The van der Waals surface area contributed by atoms with Crippen LogP contribution in [-0.2, 0) is 13.1 Å². The highest BCUT2D eigenvalue weighted by atomic mass is 19.1. The highest BCUT2D eigenvalue weighted by molar-refractivity contribution is 5.34. The summed E-state index contributed by atoms with van der Waals surface area (Å²) in [5.74, 6) is -0.484. The second kappa shape index (κ2) is 5.43. The fourth-order valence-electron chi connectivity index (χ4n) is 1.73. The Bertz CT molecular complexity index is 583. The third-order valence-electron chi connectivity index (χ3n) is 2.56. The van der Waals surface area contributed by atoms with Crippen LogP contribution in [0.4, 0.5) is 4.39 Å². The van der Waals surface area contributed by atoms with Gasteiger partial charge in [0.2, 0.25) is 0 Å². The lowest BCUT2D eigenvalue weighted by Gasteiger charge is -2.03. The highest BCUT2D eigenvalue weighted by Gasteiger charge is 2.04. The van der Waals surface area contributed by atoms with Crippen molar-refractivity contribution in [3.63, 3.8) is 0 Å². The van der Waals surface area contributed by atoms with Crippen molar-refractivity contribution in [3.8, 4) is 6.07 Å². The van der Waals surface area contributed by atoms with Gasteiger partial charge in [-0.15, -0.1) is 0 Å². The molecule has 0 saturated heterocycles. The van der Waals surface area contributed by atoms with Crippen LogP contribution in [0.3, 0.4) is 0 Å². The van der Waals surface area contributed by atoms with Gasteiger partial charge in [0.25, 0.3) is 0 Å². The molecule has 4 nitrogen and oxygen atoms in total. The Morgan fingerprint density at radius 1 is 1.50 bits per heavy atom. The van der Waals surface area contributed by atoms with Crippen LogP contribution in [-0.4, -0.2) is 16.6 Å².